The van der Waals surface area contributed by atoms with E-state index in [9.17, 15) is 9.59 Å². The zero-order valence-electron chi connectivity index (χ0n) is 7.99. The van der Waals surface area contributed by atoms with E-state index in [1.165, 1.54) is 6.20 Å². The molecular formula is C9H14N2O3. The van der Waals surface area contributed by atoms with E-state index < -0.39 is 12.0 Å². The largest absolute Gasteiger partial charge is 0.478 e. The molecule has 0 aromatic heterocycles. The lowest BCUT2D eigenvalue weighted by Crippen LogP contribution is -2.40. The predicted octanol–water partition coefficient (Wildman–Crippen LogP) is -0.159. The highest BCUT2D eigenvalue weighted by Gasteiger charge is 2.24. The van der Waals surface area contributed by atoms with E-state index >= 15 is 0 Å². The summed E-state index contributed by atoms with van der Waals surface area (Å²) >= 11 is 0. The summed E-state index contributed by atoms with van der Waals surface area (Å²) in [5.74, 6) is -1.13. The van der Waals surface area contributed by atoms with E-state index in [-0.39, 0.29) is 5.91 Å². The molecule has 5 heteroatoms. The van der Waals surface area contributed by atoms with Gasteiger partial charge in [-0.15, -0.1) is 0 Å². The van der Waals surface area contributed by atoms with Gasteiger partial charge in [-0.05, 0) is 19.8 Å². The predicted molar refractivity (Wildman–Crippen MR) is 50.5 cm³/mol. The first kappa shape index (κ1) is 10.6. The number of nitrogens with one attached hydrogen (secondary N) is 2. The van der Waals surface area contributed by atoms with Crippen LogP contribution in [0.1, 0.15) is 19.8 Å². The van der Waals surface area contributed by atoms with Crippen molar-refractivity contribution in [1.82, 2.24) is 10.6 Å². The van der Waals surface area contributed by atoms with Crippen molar-refractivity contribution < 1.29 is 14.7 Å². The minimum atomic E-state index is -1.03. The fourth-order valence-corrected chi connectivity index (χ4v) is 0.893. The Labute approximate surface area is 82.2 Å². The first-order chi connectivity index (χ1) is 6.59. The Balaban J connectivity index is 2.21. The van der Waals surface area contributed by atoms with Crippen LogP contribution in [0.2, 0.25) is 0 Å². The van der Waals surface area contributed by atoms with Crippen molar-refractivity contribution in [3.8, 4) is 0 Å². The number of amides is 1. The average Bonchev–Trinajstić information content (AvgIpc) is 2.87. The fourth-order valence-electron chi connectivity index (χ4n) is 0.893. The molecule has 1 saturated carbocycles. The lowest BCUT2D eigenvalue weighted by Gasteiger charge is -2.11. The highest BCUT2D eigenvalue weighted by atomic mass is 16.4. The molecule has 0 heterocycles. The summed E-state index contributed by atoms with van der Waals surface area (Å²) in [6.07, 6.45) is 4.31. The van der Waals surface area contributed by atoms with Crippen molar-refractivity contribution in [3.05, 3.63) is 12.3 Å². The molecular weight excluding hydrogens is 184 g/mol. The van der Waals surface area contributed by atoms with E-state index in [4.69, 9.17) is 5.11 Å². The molecule has 3 N–H and O–H groups in total. The van der Waals surface area contributed by atoms with Crippen molar-refractivity contribution in [3.63, 3.8) is 0 Å². The normalized spacial score (nSPS) is 17.8. The molecule has 14 heavy (non-hydrogen) atoms. The zero-order chi connectivity index (χ0) is 10.6. The summed E-state index contributed by atoms with van der Waals surface area (Å²) in [6, 6.07) is -0.0681. The zero-order valence-corrected chi connectivity index (χ0v) is 7.99. The van der Waals surface area contributed by atoms with Crippen LogP contribution < -0.4 is 10.6 Å². The van der Waals surface area contributed by atoms with Crippen LogP contribution in [-0.2, 0) is 9.59 Å². The number of hydrogen-bond donors (Lipinski definition) is 3. The second-order valence-corrected chi connectivity index (χ2v) is 3.34. The van der Waals surface area contributed by atoms with Gasteiger partial charge in [0.2, 0.25) is 5.91 Å². The van der Waals surface area contributed by atoms with Crippen molar-refractivity contribution in [2.75, 3.05) is 0 Å². The Morgan fingerprint density at radius 3 is 2.64 bits per heavy atom. The molecule has 0 spiro atoms. The molecule has 1 aliphatic carbocycles. The van der Waals surface area contributed by atoms with Gasteiger partial charge >= 0.3 is 5.97 Å². The third-order valence-electron chi connectivity index (χ3n) is 1.89. The molecule has 1 unspecified atom stereocenters. The first-order valence-corrected chi connectivity index (χ1v) is 4.55. The molecule has 1 rings (SSSR count). The summed E-state index contributed by atoms with van der Waals surface area (Å²) in [5.41, 5.74) is 0. The Bertz CT molecular complexity index is 259. The van der Waals surface area contributed by atoms with Gasteiger partial charge in [-0.2, -0.15) is 0 Å². The number of carboxylic acids is 1. The van der Waals surface area contributed by atoms with Gasteiger partial charge in [0.1, 0.15) is 6.04 Å². The van der Waals surface area contributed by atoms with E-state index in [0.717, 1.165) is 18.9 Å². The number of carbonyl (C=O) groups excluding carboxylic acids is 1. The summed E-state index contributed by atoms with van der Waals surface area (Å²) in [6.45, 7) is 1.68. The fraction of sp³-hybridized carbons (Fsp3) is 0.556. The van der Waals surface area contributed by atoms with Crippen molar-refractivity contribution >= 4 is 11.9 Å². The lowest BCUT2D eigenvalue weighted by molar-refractivity contribution is -0.131. The van der Waals surface area contributed by atoms with E-state index in [0.29, 0.717) is 6.04 Å². The molecule has 1 fully saturated rings. The molecule has 1 aliphatic rings. The van der Waals surface area contributed by atoms with Crippen LogP contribution in [0.3, 0.4) is 0 Å². The monoisotopic (exact) mass is 198 g/mol. The van der Waals surface area contributed by atoms with Crippen LogP contribution in [0.4, 0.5) is 0 Å². The maximum atomic E-state index is 11.3. The Morgan fingerprint density at radius 1 is 1.50 bits per heavy atom. The highest BCUT2D eigenvalue weighted by Crippen LogP contribution is 2.18. The van der Waals surface area contributed by atoms with Gasteiger partial charge in [-0.25, -0.2) is 4.79 Å². The van der Waals surface area contributed by atoms with Crippen LogP contribution >= 0.6 is 0 Å². The van der Waals surface area contributed by atoms with Crippen molar-refractivity contribution in [2.45, 2.75) is 31.8 Å². The summed E-state index contributed by atoms with van der Waals surface area (Å²) in [4.78, 5) is 21.4. The van der Waals surface area contributed by atoms with Gasteiger partial charge in [0.25, 0.3) is 0 Å². The molecule has 0 aromatic rings. The Hall–Kier alpha value is -1.52. The van der Waals surface area contributed by atoms with Crippen LogP contribution in [0, 0.1) is 0 Å². The maximum Gasteiger partial charge on any atom is 0.329 e. The molecule has 1 amide bonds. The highest BCUT2D eigenvalue weighted by molar-refractivity contribution is 5.82. The number of hydrogen-bond acceptors (Lipinski definition) is 3. The van der Waals surface area contributed by atoms with E-state index in [2.05, 4.69) is 10.6 Å². The molecule has 0 aliphatic heterocycles. The number of carboxylic acid groups (broad SMARTS) is 1. The topological polar surface area (TPSA) is 78.4 Å². The van der Waals surface area contributed by atoms with E-state index in [1.54, 1.807) is 6.92 Å². The third-order valence-corrected chi connectivity index (χ3v) is 1.89. The average molecular weight is 198 g/mol. The van der Waals surface area contributed by atoms with Gasteiger partial charge in [0.15, 0.2) is 0 Å². The molecule has 1 atom stereocenters. The van der Waals surface area contributed by atoms with Crippen molar-refractivity contribution in [2.24, 2.45) is 0 Å². The molecule has 78 valence electrons. The number of rotatable bonds is 5. The maximum absolute atomic E-state index is 11.3. The van der Waals surface area contributed by atoms with Crippen LogP contribution in [0.15, 0.2) is 12.3 Å². The molecule has 0 saturated heterocycles. The van der Waals surface area contributed by atoms with Gasteiger partial charge in [0.05, 0.1) is 0 Å². The van der Waals surface area contributed by atoms with Crippen LogP contribution in [0.5, 0.6) is 0 Å². The van der Waals surface area contributed by atoms with Gasteiger partial charge in [0, 0.05) is 18.3 Å². The van der Waals surface area contributed by atoms with Crippen LogP contribution in [0.25, 0.3) is 0 Å². The second kappa shape index (κ2) is 4.64. The smallest absolute Gasteiger partial charge is 0.329 e. The lowest BCUT2D eigenvalue weighted by atomic mass is 10.3. The second-order valence-electron chi connectivity index (χ2n) is 3.34. The quantitative estimate of drug-likeness (QED) is 0.536. The molecule has 0 aromatic carbocycles. The standard InChI is InChI=1S/C9H14N2O3/c1-6(10-5-4-8(12)13)9(14)11-7-2-3-7/h4-7,10H,2-3H2,1H3,(H,11,14)(H,12,13)/b5-4+. The Morgan fingerprint density at radius 2 is 2.14 bits per heavy atom. The van der Waals surface area contributed by atoms with Gasteiger partial charge < -0.3 is 15.7 Å². The van der Waals surface area contributed by atoms with Crippen LogP contribution in [-0.4, -0.2) is 29.1 Å². The minimum absolute atomic E-state index is 0.0949. The van der Waals surface area contributed by atoms with Gasteiger partial charge in [-0.1, -0.05) is 0 Å². The van der Waals surface area contributed by atoms with Crippen molar-refractivity contribution in [1.29, 1.82) is 0 Å². The van der Waals surface area contributed by atoms with E-state index in [1.807, 2.05) is 0 Å². The molecule has 0 bridgehead atoms. The summed E-state index contributed by atoms with van der Waals surface area (Å²) < 4.78 is 0. The molecule has 0 radical (unpaired) electrons. The molecule has 5 nitrogen and oxygen atoms in total. The SMILES string of the molecule is CC(N/C=C/C(=O)O)C(=O)NC1CC1. The first-order valence-electron chi connectivity index (χ1n) is 4.55. The minimum Gasteiger partial charge on any atom is -0.478 e. The third kappa shape index (κ3) is 3.93. The number of aliphatic carboxylic acids is 1. The summed E-state index contributed by atoms with van der Waals surface area (Å²) in [5, 5.41) is 13.8. The Kier molecular flexibility index (Phi) is 3.50. The number of carbonyl (C=O) groups is 2. The summed E-state index contributed by atoms with van der Waals surface area (Å²) in [7, 11) is 0. The van der Waals surface area contributed by atoms with Gasteiger partial charge in [-0.3, -0.25) is 4.79 Å².